The summed E-state index contributed by atoms with van der Waals surface area (Å²) in [5.41, 5.74) is 4.63. The molecule has 1 unspecified atom stereocenters. The Kier molecular flexibility index (Phi) is 5.60. The zero-order chi connectivity index (χ0) is 15.4. The number of allylic oxidation sites excluding steroid dienone is 4. The lowest BCUT2D eigenvalue weighted by atomic mass is 10.0. The van der Waals surface area contributed by atoms with Crippen LogP contribution in [0, 0.1) is 0 Å². The van der Waals surface area contributed by atoms with Crippen molar-refractivity contribution >= 4 is 33.2 Å². The van der Waals surface area contributed by atoms with Crippen LogP contribution in [-0.4, -0.2) is 11.8 Å². The smallest absolute Gasteiger partial charge is 0.0716 e. The van der Waals surface area contributed by atoms with E-state index in [1.54, 1.807) is 0 Å². The predicted octanol–water partition coefficient (Wildman–Crippen LogP) is 6.05. The highest BCUT2D eigenvalue weighted by Gasteiger charge is 2.20. The molecule has 0 radical (unpaired) electrons. The largest absolute Gasteiger partial charge is 0.281 e. The fourth-order valence-electron chi connectivity index (χ4n) is 2.28. The van der Waals surface area contributed by atoms with E-state index in [2.05, 4.69) is 53.7 Å². The summed E-state index contributed by atoms with van der Waals surface area (Å²) >= 11 is 9.47. The Hall–Kier alpha value is -1.12. The molecule has 0 N–H and O–H groups in total. The van der Waals surface area contributed by atoms with E-state index in [0.29, 0.717) is 5.03 Å². The third-order valence-corrected chi connectivity index (χ3v) is 4.69. The van der Waals surface area contributed by atoms with Gasteiger partial charge in [0, 0.05) is 20.8 Å². The molecule has 1 atom stereocenters. The maximum atomic E-state index is 5.87. The van der Waals surface area contributed by atoms with Crippen LogP contribution in [0.25, 0.3) is 0 Å². The predicted molar refractivity (Wildman–Crippen MR) is 96.2 cm³/mol. The van der Waals surface area contributed by atoms with Crippen molar-refractivity contribution < 1.29 is 0 Å². The van der Waals surface area contributed by atoms with Gasteiger partial charge in [-0.05, 0) is 43.9 Å². The Balaban J connectivity index is 2.18. The van der Waals surface area contributed by atoms with Gasteiger partial charge in [-0.25, -0.2) is 0 Å². The van der Waals surface area contributed by atoms with E-state index in [-0.39, 0.29) is 6.04 Å². The quantitative estimate of drug-likeness (QED) is 0.577. The number of benzene rings is 1. The average molecular weight is 365 g/mol. The summed E-state index contributed by atoms with van der Waals surface area (Å²) < 4.78 is 1.11. The van der Waals surface area contributed by atoms with Gasteiger partial charge in [0.05, 0.1) is 6.04 Å². The number of nitrogens with zero attached hydrogens (tertiary/aromatic N) is 1. The van der Waals surface area contributed by atoms with Gasteiger partial charge in [-0.3, -0.25) is 4.99 Å². The van der Waals surface area contributed by atoms with Crippen molar-refractivity contribution in [3.63, 3.8) is 0 Å². The molecule has 0 fully saturated rings. The minimum atomic E-state index is 0.264. The van der Waals surface area contributed by atoms with Gasteiger partial charge in [0.15, 0.2) is 0 Å². The molecule has 0 aromatic heterocycles. The standard InChI is InChI=1S/C18H19BrClN/c1-12(14(3)20)8-9-13(2)17-10-11-18(21-17)15-6-4-5-7-16(15)19/h4-9,17H,3,10-11H2,1-2H3/b12-8-,13-9+. The van der Waals surface area contributed by atoms with Crippen LogP contribution in [0.3, 0.4) is 0 Å². The van der Waals surface area contributed by atoms with E-state index in [9.17, 15) is 0 Å². The van der Waals surface area contributed by atoms with E-state index in [1.165, 1.54) is 16.8 Å². The lowest BCUT2D eigenvalue weighted by Gasteiger charge is -2.06. The fraction of sp³-hybridized carbons (Fsp3) is 0.278. The Bertz CT molecular complexity index is 640. The van der Waals surface area contributed by atoms with Gasteiger partial charge in [0.2, 0.25) is 0 Å². The second-order valence-electron chi connectivity index (χ2n) is 5.28. The van der Waals surface area contributed by atoms with E-state index in [1.807, 2.05) is 19.1 Å². The average Bonchev–Trinajstić information content (AvgIpc) is 2.94. The van der Waals surface area contributed by atoms with Gasteiger partial charge < -0.3 is 0 Å². The number of rotatable bonds is 4. The summed E-state index contributed by atoms with van der Waals surface area (Å²) in [6.07, 6.45) is 6.19. The van der Waals surface area contributed by atoms with Crippen LogP contribution in [0.2, 0.25) is 0 Å². The summed E-state index contributed by atoms with van der Waals surface area (Å²) in [5, 5.41) is 0.586. The lowest BCUT2D eigenvalue weighted by Crippen LogP contribution is -2.00. The molecule has 0 amide bonds. The molecule has 2 rings (SSSR count). The SMILES string of the molecule is C=C(Cl)/C(C)=C\C=C(/C)C1CCC(c2ccccc2Br)=N1. The summed E-state index contributed by atoms with van der Waals surface area (Å²) in [5.74, 6) is 0. The fourth-order valence-corrected chi connectivity index (χ4v) is 2.85. The molecule has 1 heterocycles. The third kappa shape index (κ3) is 4.18. The van der Waals surface area contributed by atoms with E-state index >= 15 is 0 Å². The molecule has 1 nitrogen and oxygen atoms in total. The minimum Gasteiger partial charge on any atom is -0.281 e. The monoisotopic (exact) mass is 363 g/mol. The van der Waals surface area contributed by atoms with Gasteiger partial charge >= 0.3 is 0 Å². The Labute approximate surface area is 140 Å². The van der Waals surface area contributed by atoms with Gasteiger partial charge in [-0.15, -0.1) is 0 Å². The zero-order valence-electron chi connectivity index (χ0n) is 12.4. The van der Waals surface area contributed by atoms with Crippen LogP contribution >= 0.6 is 27.5 Å². The molecule has 0 aliphatic carbocycles. The second-order valence-corrected chi connectivity index (χ2v) is 6.59. The molecule has 0 bridgehead atoms. The van der Waals surface area contributed by atoms with Crippen LogP contribution in [0.4, 0.5) is 0 Å². The van der Waals surface area contributed by atoms with E-state index < -0.39 is 0 Å². The summed E-state index contributed by atoms with van der Waals surface area (Å²) in [6.45, 7) is 7.81. The maximum absolute atomic E-state index is 5.87. The molecule has 21 heavy (non-hydrogen) atoms. The van der Waals surface area contributed by atoms with Crippen LogP contribution in [-0.2, 0) is 0 Å². The van der Waals surface area contributed by atoms with Crippen molar-refractivity contribution in [2.75, 3.05) is 0 Å². The van der Waals surface area contributed by atoms with Crippen molar-refractivity contribution in [2.24, 2.45) is 4.99 Å². The van der Waals surface area contributed by atoms with Crippen molar-refractivity contribution in [1.29, 1.82) is 0 Å². The molecule has 110 valence electrons. The summed E-state index contributed by atoms with van der Waals surface area (Å²) in [4.78, 5) is 4.88. The van der Waals surface area contributed by atoms with Crippen LogP contribution < -0.4 is 0 Å². The second kappa shape index (κ2) is 7.24. The van der Waals surface area contributed by atoms with E-state index in [4.69, 9.17) is 16.6 Å². The molecule has 1 aliphatic heterocycles. The topological polar surface area (TPSA) is 12.4 Å². The highest BCUT2D eigenvalue weighted by molar-refractivity contribution is 9.10. The lowest BCUT2D eigenvalue weighted by molar-refractivity contribution is 0.763. The molecule has 0 spiro atoms. The first kappa shape index (κ1) is 16.3. The molecule has 0 saturated heterocycles. The Morgan fingerprint density at radius 2 is 2.05 bits per heavy atom. The highest BCUT2D eigenvalue weighted by Crippen LogP contribution is 2.27. The van der Waals surface area contributed by atoms with Crippen LogP contribution in [0.1, 0.15) is 32.3 Å². The van der Waals surface area contributed by atoms with Gasteiger partial charge in [-0.1, -0.05) is 64.5 Å². The van der Waals surface area contributed by atoms with Gasteiger partial charge in [-0.2, -0.15) is 0 Å². The normalized spacial score (nSPS) is 19.6. The summed E-state index contributed by atoms with van der Waals surface area (Å²) in [7, 11) is 0. The first-order valence-corrected chi connectivity index (χ1v) is 8.17. The number of halogens is 2. The third-order valence-electron chi connectivity index (χ3n) is 3.70. The molecule has 3 heteroatoms. The van der Waals surface area contributed by atoms with Crippen molar-refractivity contribution in [1.82, 2.24) is 0 Å². The molecule has 1 aromatic carbocycles. The first-order valence-electron chi connectivity index (χ1n) is 7.00. The van der Waals surface area contributed by atoms with E-state index in [0.717, 1.165) is 22.9 Å². The molecule has 0 saturated carbocycles. The Morgan fingerprint density at radius 1 is 1.33 bits per heavy atom. The van der Waals surface area contributed by atoms with Crippen molar-refractivity contribution in [3.8, 4) is 0 Å². The van der Waals surface area contributed by atoms with Crippen molar-refractivity contribution in [3.05, 3.63) is 69.2 Å². The van der Waals surface area contributed by atoms with Crippen LogP contribution in [0.15, 0.2) is 68.6 Å². The summed E-state index contributed by atoms with van der Waals surface area (Å²) in [6, 6.07) is 8.52. The zero-order valence-corrected chi connectivity index (χ0v) is 14.7. The first-order chi connectivity index (χ1) is 9.99. The molecule has 1 aromatic rings. The maximum Gasteiger partial charge on any atom is 0.0716 e. The number of hydrogen-bond donors (Lipinski definition) is 0. The molecule has 1 aliphatic rings. The van der Waals surface area contributed by atoms with Gasteiger partial charge in [0.1, 0.15) is 0 Å². The van der Waals surface area contributed by atoms with Gasteiger partial charge in [0.25, 0.3) is 0 Å². The number of aliphatic imine (C=N–C) groups is 1. The highest BCUT2D eigenvalue weighted by atomic mass is 79.9. The minimum absolute atomic E-state index is 0.264. The molecular weight excluding hydrogens is 346 g/mol. The van der Waals surface area contributed by atoms with Crippen LogP contribution in [0.5, 0.6) is 0 Å². The number of hydrogen-bond acceptors (Lipinski definition) is 1. The Morgan fingerprint density at radius 3 is 2.71 bits per heavy atom. The molecular formula is C18H19BrClN. The van der Waals surface area contributed by atoms with Crippen molar-refractivity contribution in [2.45, 2.75) is 32.7 Å².